The molecule has 0 amide bonds. The molecule has 0 atom stereocenters. The number of nitrogens with one attached hydrogen (secondary N) is 1. The van der Waals surface area contributed by atoms with Gasteiger partial charge in [-0.1, -0.05) is 6.07 Å². The SMILES string of the molecule is COCC(C)(C)Nc1cccc(S(C)(=O)=O)c1N. The summed E-state index contributed by atoms with van der Waals surface area (Å²) in [5, 5.41) is 3.19. The van der Waals surface area contributed by atoms with Gasteiger partial charge in [0.05, 0.1) is 28.4 Å². The van der Waals surface area contributed by atoms with Gasteiger partial charge < -0.3 is 15.8 Å². The van der Waals surface area contributed by atoms with Gasteiger partial charge in [-0.2, -0.15) is 0 Å². The lowest BCUT2D eigenvalue weighted by Gasteiger charge is -2.27. The lowest BCUT2D eigenvalue weighted by molar-refractivity contribution is 0.158. The van der Waals surface area contributed by atoms with Gasteiger partial charge >= 0.3 is 0 Å². The Morgan fingerprint density at radius 2 is 2.00 bits per heavy atom. The van der Waals surface area contributed by atoms with Crippen molar-refractivity contribution in [2.45, 2.75) is 24.3 Å². The van der Waals surface area contributed by atoms with Gasteiger partial charge in [0.2, 0.25) is 0 Å². The van der Waals surface area contributed by atoms with Gasteiger partial charge in [0.1, 0.15) is 0 Å². The van der Waals surface area contributed by atoms with Crippen LogP contribution >= 0.6 is 0 Å². The molecular formula is C12H20N2O3S. The first-order chi connectivity index (χ1) is 8.17. The van der Waals surface area contributed by atoms with Crippen molar-refractivity contribution < 1.29 is 13.2 Å². The summed E-state index contributed by atoms with van der Waals surface area (Å²) in [7, 11) is -1.71. The highest BCUT2D eigenvalue weighted by Gasteiger charge is 2.20. The van der Waals surface area contributed by atoms with Crippen molar-refractivity contribution in [3.05, 3.63) is 18.2 Å². The maximum absolute atomic E-state index is 11.6. The molecule has 1 aromatic rings. The molecule has 1 aromatic carbocycles. The van der Waals surface area contributed by atoms with Gasteiger partial charge in [0, 0.05) is 13.4 Å². The maximum Gasteiger partial charge on any atom is 0.177 e. The minimum absolute atomic E-state index is 0.140. The molecule has 0 aliphatic rings. The summed E-state index contributed by atoms with van der Waals surface area (Å²) >= 11 is 0. The number of benzene rings is 1. The first-order valence-corrected chi connectivity index (χ1v) is 7.42. The molecule has 1 rings (SSSR count). The summed E-state index contributed by atoms with van der Waals surface area (Å²) in [6, 6.07) is 4.92. The second-order valence-electron chi connectivity index (χ2n) is 4.93. The number of para-hydroxylation sites is 1. The number of sulfone groups is 1. The fourth-order valence-corrected chi connectivity index (χ4v) is 2.57. The van der Waals surface area contributed by atoms with Crippen molar-refractivity contribution >= 4 is 21.2 Å². The summed E-state index contributed by atoms with van der Waals surface area (Å²) in [4.78, 5) is 0.140. The highest BCUT2D eigenvalue weighted by molar-refractivity contribution is 7.90. The van der Waals surface area contributed by atoms with Crippen LogP contribution in [0.5, 0.6) is 0 Å². The third-order valence-corrected chi connectivity index (χ3v) is 3.60. The Labute approximate surface area is 108 Å². The van der Waals surface area contributed by atoms with Gasteiger partial charge in [0.25, 0.3) is 0 Å². The second kappa shape index (κ2) is 5.16. The lowest BCUT2D eigenvalue weighted by Crippen LogP contribution is -2.36. The van der Waals surface area contributed by atoms with Crippen LogP contribution in [0.15, 0.2) is 23.1 Å². The molecule has 0 unspecified atom stereocenters. The highest BCUT2D eigenvalue weighted by atomic mass is 32.2. The van der Waals surface area contributed by atoms with Crippen molar-refractivity contribution in [1.29, 1.82) is 0 Å². The van der Waals surface area contributed by atoms with Gasteiger partial charge in [-0.25, -0.2) is 8.42 Å². The van der Waals surface area contributed by atoms with Crippen LogP contribution in [0.1, 0.15) is 13.8 Å². The van der Waals surface area contributed by atoms with Gasteiger partial charge in [0.15, 0.2) is 9.84 Å². The van der Waals surface area contributed by atoms with Crippen molar-refractivity contribution in [2.75, 3.05) is 31.0 Å². The molecular weight excluding hydrogens is 252 g/mol. The van der Waals surface area contributed by atoms with Crippen LogP contribution in [0.2, 0.25) is 0 Å². The van der Waals surface area contributed by atoms with E-state index in [1.807, 2.05) is 13.8 Å². The molecule has 0 spiro atoms. The van der Waals surface area contributed by atoms with Crippen LogP contribution in [0.25, 0.3) is 0 Å². The normalized spacial score (nSPS) is 12.4. The number of methoxy groups -OCH3 is 1. The Morgan fingerprint density at radius 1 is 1.39 bits per heavy atom. The Balaban J connectivity index is 3.13. The van der Waals surface area contributed by atoms with Crippen molar-refractivity contribution in [3.8, 4) is 0 Å². The zero-order chi connectivity index (χ0) is 14.0. The Bertz CT molecular complexity index is 524. The Morgan fingerprint density at radius 3 is 2.50 bits per heavy atom. The largest absolute Gasteiger partial charge is 0.396 e. The van der Waals surface area contributed by atoms with Crippen LogP contribution in [0.4, 0.5) is 11.4 Å². The first-order valence-electron chi connectivity index (χ1n) is 5.53. The van der Waals surface area contributed by atoms with Crippen LogP contribution in [-0.2, 0) is 14.6 Å². The van der Waals surface area contributed by atoms with Crippen LogP contribution in [-0.4, -0.2) is 33.9 Å². The Hall–Kier alpha value is -1.27. The van der Waals surface area contributed by atoms with Crippen LogP contribution in [0.3, 0.4) is 0 Å². The molecule has 0 aromatic heterocycles. The molecule has 18 heavy (non-hydrogen) atoms. The molecule has 5 nitrogen and oxygen atoms in total. The molecule has 0 heterocycles. The summed E-state index contributed by atoms with van der Waals surface area (Å²) in [5.41, 5.74) is 6.39. The third kappa shape index (κ3) is 3.61. The van der Waals surface area contributed by atoms with E-state index in [2.05, 4.69) is 5.32 Å². The van der Waals surface area contributed by atoms with E-state index in [-0.39, 0.29) is 16.1 Å². The number of hydrogen-bond donors (Lipinski definition) is 2. The fraction of sp³-hybridized carbons (Fsp3) is 0.500. The molecule has 0 aliphatic heterocycles. The van der Waals surface area contributed by atoms with E-state index in [0.29, 0.717) is 12.3 Å². The van der Waals surface area contributed by atoms with Crippen molar-refractivity contribution in [1.82, 2.24) is 0 Å². The first kappa shape index (κ1) is 14.8. The number of hydrogen-bond acceptors (Lipinski definition) is 5. The van der Waals surface area contributed by atoms with Gasteiger partial charge in [-0.05, 0) is 26.0 Å². The van der Waals surface area contributed by atoms with E-state index in [1.165, 1.54) is 6.07 Å². The number of anilines is 2. The average molecular weight is 272 g/mol. The van der Waals surface area contributed by atoms with E-state index in [0.717, 1.165) is 6.26 Å². The summed E-state index contributed by atoms with van der Waals surface area (Å²) in [5.74, 6) is 0. The zero-order valence-corrected chi connectivity index (χ0v) is 12.0. The van der Waals surface area contributed by atoms with E-state index in [1.54, 1.807) is 19.2 Å². The minimum atomic E-state index is -3.32. The molecule has 0 aliphatic carbocycles. The summed E-state index contributed by atoms with van der Waals surface area (Å²) in [6.07, 6.45) is 1.14. The van der Waals surface area contributed by atoms with Crippen LogP contribution < -0.4 is 11.1 Å². The molecule has 0 saturated carbocycles. The predicted octanol–water partition coefficient (Wildman–Crippen LogP) is 1.51. The van der Waals surface area contributed by atoms with E-state index in [9.17, 15) is 8.42 Å². The molecule has 102 valence electrons. The lowest BCUT2D eigenvalue weighted by atomic mass is 10.1. The number of ether oxygens (including phenoxy) is 1. The third-order valence-electron chi connectivity index (χ3n) is 2.44. The minimum Gasteiger partial charge on any atom is -0.396 e. The molecule has 0 bridgehead atoms. The monoisotopic (exact) mass is 272 g/mol. The smallest absolute Gasteiger partial charge is 0.177 e. The van der Waals surface area contributed by atoms with E-state index >= 15 is 0 Å². The summed E-state index contributed by atoms with van der Waals surface area (Å²) < 4.78 is 28.2. The molecule has 0 saturated heterocycles. The molecule has 6 heteroatoms. The van der Waals surface area contributed by atoms with E-state index < -0.39 is 9.84 Å². The molecule has 3 N–H and O–H groups in total. The maximum atomic E-state index is 11.6. The fourth-order valence-electron chi connectivity index (χ4n) is 1.74. The molecule has 0 fully saturated rings. The average Bonchev–Trinajstić information content (AvgIpc) is 2.18. The van der Waals surface area contributed by atoms with E-state index in [4.69, 9.17) is 10.5 Å². The topological polar surface area (TPSA) is 81.4 Å². The number of rotatable bonds is 5. The zero-order valence-electron chi connectivity index (χ0n) is 11.1. The summed E-state index contributed by atoms with van der Waals surface area (Å²) in [6.45, 7) is 4.38. The highest BCUT2D eigenvalue weighted by Crippen LogP contribution is 2.28. The van der Waals surface area contributed by atoms with Gasteiger partial charge in [-0.15, -0.1) is 0 Å². The predicted molar refractivity (Wildman–Crippen MR) is 73.5 cm³/mol. The van der Waals surface area contributed by atoms with Crippen molar-refractivity contribution in [3.63, 3.8) is 0 Å². The van der Waals surface area contributed by atoms with Crippen molar-refractivity contribution in [2.24, 2.45) is 0 Å². The molecule has 0 radical (unpaired) electrons. The van der Waals surface area contributed by atoms with Crippen LogP contribution in [0, 0.1) is 0 Å². The van der Waals surface area contributed by atoms with Gasteiger partial charge in [-0.3, -0.25) is 0 Å². The number of nitrogen functional groups attached to an aromatic ring is 1. The second-order valence-corrected chi connectivity index (χ2v) is 6.92. The Kier molecular flexibility index (Phi) is 4.24. The number of nitrogens with two attached hydrogens (primary N) is 1. The quantitative estimate of drug-likeness (QED) is 0.794. The standard InChI is InChI=1S/C12H20N2O3S/c1-12(2,8-17-3)14-9-6-5-7-10(11(9)13)18(4,15)16/h5-7,14H,8,13H2,1-4H3.